The lowest BCUT2D eigenvalue weighted by Gasteiger charge is -2.29. The fraction of sp³-hybridized carbons (Fsp3) is 0.273. The van der Waals surface area contributed by atoms with Crippen LogP contribution >= 0.6 is 12.2 Å². The third kappa shape index (κ3) is 4.66. The van der Waals surface area contributed by atoms with Crippen molar-refractivity contribution in [2.75, 3.05) is 26.2 Å². The number of amides is 2. The summed E-state index contributed by atoms with van der Waals surface area (Å²) in [6, 6.07) is 12.8. The summed E-state index contributed by atoms with van der Waals surface area (Å²) in [6.45, 7) is 0.350. The first-order valence-corrected chi connectivity index (χ1v) is 9.97. The van der Waals surface area contributed by atoms with E-state index in [-0.39, 0.29) is 18.2 Å². The number of methoxy groups -OCH3 is 2. The minimum absolute atomic E-state index is 0.00440. The maximum Gasteiger partial charge on any atom is 0.337 e. The number of nitrogens with zero attached hydrogens (tertiary/aromatic N) is 2. The van der Waals surface area contributed by atoms with Gasteiger partial charge in [0, 0.05) is 13.6 Å². The number of nitrogens with one attached hydrogen (secondary N) is 1. The van der Waals surface area contributed by atoms with Crippen LogP contribution in [0.15, 0.2) is 48.5 Å². The predicted octanol–water partition coefficient (Wildman–Crippen LogP) is 2.12. The molecule has 0 radical (unpaired) electrons. The van der Waals surface area contributed by atoms with Crippen LogP contribution in [0.1, 0.15) is 22.3 Å². The first-order valence-electron chi connectivity index (χ1n) is 9.56. The summed E-state index contributed by atoms with van der Waals surface area (Å²) in [7, 11) is 4.55. The fourth-order valence-corrected chi connectivity index (χ4v) is 3.58. The highest BCUT2D eigenvalue weighted by molar-refractivity contribution is 7.80. The van der Waals surface area contributed by atoms with Gasteiger partial charge in [-0.2, -0.15) is 0 Å². The lowest BCUT2D eigenvalue weighted by molar-refractivity contribution is -0.122. The van der Waals surface area contributed by atoms with Gasteiger partial charge < -0.3 is 19.7 Å². The quantitative estimate of drug-likeness (QED) is 0.414. The molecule has 1 fully saturated rings. The molecule has 0 bridgehead atoms. The number of ether oxygens (including phenoxy) is 2. The second-order valence-electron chi connectivity index (χ2n) is 6.86. The van der Waals surface area contributed by atoms with E-state index in [0.29, 0.717) is 22.9 Å². The van der Waals surface area contributed by atoms with Crippen LogP contribution in [-0.4, -0.2) is 55.1 Å². The van der Waals surface area contributed by atoms with Crippen LogP contribution < -0.4 is 15.0 Å². The average molecular weight is 442 g/mol. The summed E-state index contributed by atoms with van der Waals surface area (Å²) in [5, 5.41) is 3.27. The van der Waals surface area contributed by atoms with Crippen molar-refractivity contribution in [3.63, 3.8) is 0 Å². The summed E-state index contributed by atoms with van der Waals surface area (Å²) >= 11 is 5.42. The van der Waals surface area contributed by atoms with Crippen molar-refractivity contribution in [3.8, 4) is 5.75 Å². The highest BCUT2D eigenvalue weighted by Gasteiger charge is 2.43. The third-order valence-corrected chi connectivity index (χ3v) is 5.47. The smallest absolute Gasteiger partial charge is 0.337 e. The molecule has 2 amide bonds. The van der Waals surface area contributed by atoms with Gasteiger partial charge in [0.1, 0.15) is 11.8 Å². The summed E-state index contributed by atoms with van der Waals surface area (Å²) in [4.78, 5) is 40.4. The zero-order valence-corrected chi connectivity index (χ0v) is 18.3. The Morgan fingerprint density at radius 3 is 2.32 bits per heavy atom. The van der Waals surface area contributed by atoms with E-state index < -0.39 is 12.0 Å². The summed E-state index contributed by atoms with van der Waals surface area (Å²) < 4.78 is 9.86. The Kier molecular flexibility index (Phi) is 6.86. The van der Waals surface area contributed by atoms with Gasteiger partial charge in [-0.1, -0.05) is 12.1 Å². The minimum atomic E-state index is -0.741. The molecule has 1 aliphatic rings. The van der Waals surface area contributed by atoms with Crippen LogP contribution in [0.3, 0.4) is 0 Å². The van der Waals surface area contributed by atoms with Gasteiger partial charge >= 0.3 is 5.97 Å². The number of esters is 1. The first-order chi connectivity index (χ1) is 14.9. The summed E-state index contributed by atoms with van der Waals surface area (Å²) in [5.74, 6) is -0.477. The van der Waals surface area contributed by atoms with E-state index in [1.54, 1.807) is 31.2 Å². The van der Waals surface area contributed by atoms with E-state index in [0.717, 1.165) is 16.2 Å². The highest BCUT2D eigenvalue weighted by atomic mass is 32.1. The molecular formula is C22H23N3O5S. The van der Waals surface area contributed by atoms with Crippen LogP contribution in [0.2, 0.25) is 0 Å². The third-order valence-electron chi connectivity index (χ3n) is 5.03. The standard InChI is InChI=1S/C22H23N3O5S/c1-23-22(31)24(13-14-4-10-17(29-2)11-5-14)18-12-19(26)25(20(18)27)16-8-6-15(7-9-16)21(28)30-3/h4-11,18H,12-13H2,1-3H3,(H,23,31). The maximum absolute atomic E-state index is 13.2. The number of anilines is 1. The molecule has 3 rings (SSSR count). The SMILES string of the molecule is CNC(=S)N(Cc1ccc(OC)cc1)C1CC(=O)N(c2ccc(C(=O)OC)cc2)C1=O. The van der Waals surface area contributed by atoms with Crippen LogP contribution in [0, 0.1) is 0 Å². The van der Waals surface area contributed by atoms with Crippen LogP contribution in [0.4, 0.5) is 5.69 Å². The number of hydrogen-bond acceptors (Lipinski definition) is 6. The van der Waals surface area contributed by atoms with E-state index in [1.807, 2.05) is 24.3 Å². The van der Waals surface area contributed by atoms with Gasteiger partial charge in [-0.05, 0) is 54.2 Å². The maximum atomic E-state index is 13.2. The molecule has 0 aliphatic carbocycles. The topological polar surface area (TPSA) is 88.2 Å². The van der Waals surface area contributed by atoms with Crippen molar-refractivity contribution in [1.82, 2.24) is 10.2 Å². The summed E-state index contributed by atoms with van der Waals surface area (Å²) in [6.07, 6.45) is -0.00440. The van der Waals surface area contributed by atoms with Gasteiger partial charge in [0.25, 0.3) is 5.91 Å². The molecule has 8 nitrogen and oxygen atoms in total. The second-order valence-corrected chi connectivity index (χ2v) is 7.24. The number of carbonyl (C=O) groups is 3. The van der Waals surface area contributed by atoms with Gasteiger partial charge in [0.15, 0.2) is 5.11 Å². The summed E-state index contributed by atoms with van der Waals surface area (Å²) in [5.41, 5.74) is 1.64. The van der Waals surface area contributed by atoms with Crippen LogP contribution in [0.25, 0.3) is 0 Å². The van der Waals surface area contributed by atoms with Crippen molar-refractivity contribution >= 4 is 40.8 Å². The molecule has 162 valence electrons. The van der Waals surface area contributed by atoms with E-state index in [4.69, 9.17) is 17.0 Å². The molecule has 1 saturated heterocycles. The molecule has 1 atom stereocenters. The zero-order valence-electron chi connectivity index (χ0n) is 17.5. The van der Waals surface area contributed by atoms with Gasteiger partial charge in [-0.3, -0.25) is 9.59 Å². The average Bonchev–Trinajstić information content (AvgIpc) is 3.10. The number of rotatable bonds is 6. The first kappa shape index (κ1) is 22.2. The normalized spacial score (nSPS) is 15.6. The molecule has 1 unspecified atom stereocenters. The van der Waals surface area contributed by atoms with Crippen molar-refractivity contribution in [2.24, 2.45) is 0 Å². The molecule has 2 aromatic carbocycles. The molecule has 2 aromatic rings. The molecule has 0 saturated carbocycles. The molecule has 0 aromatic heterocycles. The van der Waals surface area contributed by atoms with E-state index >= 15 is 0 Å². The molecule has 0 spiro atoms. The van der Waals surface area contributed by atoms with Gasteiger partial charge in [0.2, 0.25) is 5.91 Å². The van der Waals surface area contributed by atoms with Crippen molar-refractivity contribution < 1.29 is 23.9 Å². The Balaban J connectivity index is 1.84. The van der Waals surface area contributed by atoms with E-state index in [2.05, 4.69) is 10.1 Å². The molecule has 1 aliphatic heterocycles. The minimum Gasteiger partial charge on any atom is -0.497 e. The van der Waals surface area contributed by atoms with Crippen LogP contribution in [-0.2, 0) is 20.9 Å². The fourth-order valence-electron chi connectivity index (χ4n) is 3.39. The number of carbonyl (C=O) groups excluding carboxylic acids is 3. The molecular weight excluding hydrogens is 418 g/mol. The Morgan fingerprint density at radius 2 is 1.77 bits per heavy atom. The predicted molar refractivity (Wildman–Crippen MR) is 119 cm³/mol. The van der Waals surface area contributed by atoms with Crippen molar-refractivity contribution in [2.45, 2.75) is 19.0 Å². The van der Waals surface area contributed by atoms with Gasteiger partial charge in [0.05, 0.1) is 31.9 Å². The van der Waals surface area contributed by atoms with E-state index in [1.165, 1.54) is 19.2 Å². The van der Waals surface area contributed by atoms with E-state index in [9.17, 15) is 14.4 Å². The van der Waals surface area contributed by atoms with Crippen LogP contribution in [0.5, 0.6) is 5.75 Å². The van der Waals surface area contributed by atoms with Gasteiger partial charge in [-0.25, -0.2) is 9.69 Å². The number of imide groups is 1. The Bertz CT molecular complexity index is 991. The largest absolute Gasteiger partial charge is 0.497 e. The lowest BCUT2D eigenvalue weighted by atomic mass is 10.1. The van der Waals surface area contributed by atoms with Crippen molar-refractivity contribution in [1.29, 1.82) is 0 Å². The number of benzene rings is 2. The number of hydrogen-bond donors (Lipinski definition) is 1. The molecule has 1 heterocycles. The highest BCUT2D eigenvalue weighted by Crippen LogP contribution is 2.27. The van der Waals surface area contributed by atoms with Gasteiger partial charge in [-0.15, -0.1) is 0 Å². The number of thiocarbonyl (C=S) groups is 1. The Labute approximate surface area is 185 Å². The molecule has 1 N–H and O–H groups in total. The second kappa shape index (κ2) is 9.57. The Hall–Kier alpha value is -3.46. The lowest BCUT2D eigenvalue weighted by Crippen LogP contribution is -2.48. The monoisotopic (exact) mass is 441 g/mol. The molecule has 9 heteroatoms. The zero-order chi connectivity index (χ0) is 22.5. The van der Waals surface area contributed by atoms with Crippen molar-refractivity contribution in [3.05, 3.63) is 59.7 Å². The molecule has 31 heavy (non-hydrogen) atoms. The Morgan fingerprint density at radius 1 is 1.13 bits per heavy atom.